The predicted molar refractivity (Wildman–Crippen MR) is 116 cm³/mol. The van der Waals surface area contributed by atoms with Crippen LogP contribution in [0.1, 0.15) is 55.0 Å². The summed E-state index contributed by atoms with van der Waals surface area (Å²) in [7, 11) is 0. The number of hydrogen-bond acceptors (Lipinski definition) is 4. The molecule has 30 heavy (non-hydrogen) atoms. The van der Waals surface area contributed by atoms with Crippen LogP contribution in [0.15, 0.2) is 36.4 Å². The topological polar surface area (TPSA) is 77.4 Å². The summed E-state index contributed by atoms with van der Waals surface area (Å²) in [6.45, 7) is 11.1. The number of Topliss-reactive ketones (excluding diaryl/α,β-unsaturated/α-hetero) is 1. The van der Waals surface area contributed by atoms with E-state index < -0.39 is 17.4 Å². The first-order valence-electron chi connectivity index (χ1n) is 10.2. The molecule has 1 amide bonds. The van der Waals surface area contributed by atoms with Crippen molar-refractivity contribution in [2.24, 2.45) is 5.41 Å². The molecule has 1 heterocycles. The van der Waals surface area contributed by atoms with Gasteiger partial charge in [-0.25, -0.2) is 4.79 Å². The minimum absolute atomic E-state index is 0.250. The number of rotatable bonds is 8. The molecule has 0 aliphatic carbocycles. The van der Waals surface area contributed by atoms with Crippen LogP contribution in [-0.4, -0.2) is 34.9 Å². The Kier molecular flexibility index (Phi) is 7.59. The maximum absolute atomic E-state index is 12.6. The van der Waals surface area contributed by atoms with E-state index in [1.165, 1.54) is 5.56 Å². The number of esters is 1. The highest BCUT2D eigenvalue weighted by Crippen LogP contribution is 2.17. The van der Waals surface area contributed by atoms with Crippen molar-refractivity contribution in [2.45, 2.75) is 60.5 Å². The highest BCUT2D eigenvalue weighted by atomic mass is 16.5. The molecule has 1 aromatic heterocycles. The van der Waals surface area contributed by atoms with E-state index in [-0.39, 0.29) is 18.3 Å². The van der Waals surface area contributed by atoms with Crippen LogP contribution in [0.2, 0.25) is 0 Å². The number of carbonyl (C=O) groups is 3. The lowest BCUT2D eigenvalue weighted by atomic mass is 9.95. The molecule has 0 bridgehead atoms. The third kappa shape index (κ3) is 6.05. The molecule has 6 nitrogen and oxygen atoms in total. The Balaban J connectivity index is 1.95. The second kappa shape index (κ2) is 9.74. The van der Waals surface area contributed by atoms with Crippen molar-refractivity contribution < 1.29 is 19.1 Å². The van der Waals surface area contributed by atoms with Gasteiger partial charge in [0.2, 0.25) is 11.7 Å². The van der Waals surface area contributed by atoms with Crippen molar-refractivity contribution in [3.63, 3.8) is 0 Å². The molecule has 0 aliphatic heterocycles. The fourth-order valence-corrected chi connectivity index (χ4v) is 3.12. The Morgan fingerprint density at radius 1 is 1.10 bits per heavy atom. The third-order valence-electron chi connectivity index (χ3n) is 5.07. The van der Waals surface area contributed by atoms with Crippen molar-refractivity contribution in [1.82, 2.24) is 9.88 Å². The van der Waals surface area contributed by atoms with E-state index in [1.54, 1.807) is 27.7 Å². The molecule has 1 atom stereocenters. The molecule has 2 aromatic rings. The van der Waals surface area contributed by atoms with E-state index in [0.29, 0.717) is 5.56 Å². The number of ether oxygens (including phenoxy) is 1. The fourth-order valence-electron chi connectivity index (χ4n) is 3.12. The second-order valence-corrected chi connectivity index (χ2v) is 8.65. The smallest absolute Gasteiger partial charge is 0.328 e. The average molecular weight is 413 g/mol. The van der Waals surface area contributed by atoms with E-state index >= 15 is 0 Å². The zero-order valence-corrected chi connectivity index (χ0v) is 18.7. The number of carbonyl (C=O) groups excluding carboxylic acids is 3. The molecule has 0 saturated carbocycles. The lowest BCUT2D eigenvalue weighted by Crippen LogP contribution is -2.45. The van der Waals surface area contributed by atoms with Gasteiger partial charge in [0.15, 0.2) is 6.61 Å². The summed E-state index contributed by atoms with van der Waals surface area (Å²) in [6.07, 6.45) is 0.866. The Hall–Kier alpha value is -2.89. The van der Waals surface area contributed by atoms with Gasteiger partial charge in [-0.3, -0.25) is 9.59 Å². The predicted octanol–water partition coefficient (Wildman–Crippen LogP) is 3.62. The van der Waals surface area contributed by atoms with Crippen molar-refractivity contribution >= 4 is 17.7 Å². The molecule has 2 rings (SSSR count). The Bertz CT molecular complexity index is 907. The number of aryl methyl sites for hydroxylation is 2. The molecular weight excluding hydrogens is 380 g/mol. The number of amides is 1. The van der Waals surface area contributed by atoms with Gasteiger partial charge in [0.1, 0.15) is 6.04 Å². The van der Waals surface area contributed by atoms with Gasteiger partial charge in [-0.05, 0) is 38.8 Å². The highest BCUT2D eigenvalue weighted by Gasteiger charge is 2.26. The molecule has 162 valence electrons. The summed E-state index contributed by atoms with van der Waals surface area (Å²) < 4.78 is 7.26. The van der Waals surface area contributed by atoms with Crippen LogP contribution >= 0.6 is 0 Å². The van der Waals surface area contributed by atoms with Gasteiger partial charge < -0.3 is 14.6 Å². The molecule has 1 unspecified atom stereocenters. The zero-order valence-electron chi connectivity index (χ0n) is 18.7. The van der Waals surface area contributed by atoms with Gasteiger partial charge in [-0.1, -0.05) is 51.1 Å². The molecule has 1 N–H and O–H groups in total. The van der Waals surface area contributed by atoms with Gasteiger partial charge in [-0.2, -0.15) is 0 Å². The summed E-state index contributed by atoms with van der Waals surface area (Å²) >= 11 is 0. The van der Waals surface area contributed by atoms with Crippen molar-refractivity contribution in [3.05, 3.63) is 58.9 Å². The van der Waals surface area contributed by atoms with E-state index in [0.717, 1.165) is 24.4 Å². The van der Waals surface area contributed by atoms with Crippen LogP contribution in [0.3, 0.4) is 0 Å². The Labute approximate surface area is 178 Å². The van der Waals surface area contributed by atoms with Gasteiger partial charge in [-0.15, -0.1) is 0 Å². The van der Waals surface area contributed by atoms with Crippen LogP contribution < -0.4 is 5.32 Å². The molecule has 0 saturated heterocycles. The van der Waals surface area contributed by atoms with Crippen molar-refractivity contribution in [1.29, 1.82) is 0 Å². The number of nitrogens with one attached hydrogen (secondary N) is 1. The Morgan fingerprint density at radius 2 is 1.73 bits per heavy atom. The van der Waals surface area contributed by atoms with E-state index in [9.17, 15) is 14.4 Å². The highest BCUT2D eigenvalue weighted by molar-refractivity contribution is 5.99. The maximum atomic E-state index is 12.6. The minimum atomic E-state index is -0.817. The van der Waals surface area contributed by atoms with Crippen molar-refractivity contribution in [2.75, 3.05) is 6.61 Å². The molecule has 0 aliphatic rings. The lowest BCUT2D eigenvalue weighted by Gasteiger charge is -2.20. The van der Waals surface area contributed by atoms with Crippen LogP contribution in [0.5, 0.6) is 0 Å². The summed E-state index contributed by atoms with van der Waals surface area (Å²) in [4.78, 5) is 36.8. The summed E-state index contributed by atoms with van der Waals surface area (Å²) in [6, 6.07) is 11.2. The SMILES string of the molecule is Cc1cc(C(=O)COC(=O)C(C)NC(=O)C(C)(C)C)c(C)n1CCc1ccccc1. The van der Waals surface area contributed by atoms with Gasteiger partial charge in [0.25, 0.3) is 0 Å². The first-order valence-corrected chi connectivity index (χ1v) is 10.2. The standard InChI is InChI=1S/C24H32N2O4/c1-16-14-20(18(3)26(16)13-12-19-10-8-7-9-11-19)21(27)15-30-22(28)17(2)25-23(29)24(4,5)6/h7-11,14,17H,12-13,15H2,1-6H3,(H,25,29). The maximum Gasteiger partial charge on any atom is 0.328 e. The van der Waals surface area contributed by atoms with Gasteiger partial charge in [0.05, 0.1) is 0 Å². The van der Waals surface area contributed by atoms with Crippen LogP contribution in [0.4, 0.5) is 0 Å². The average Bonchev–Trinajstić information content (AvgIpc) is 2.97. The second-order valence-electron chi connectivity index (χ2n) is 8.65. The summed E-state index contributed by atoms with van der Waals surface area (Å²) in [5.74, 6) is -1.13. The first kappa shape index (κ1) is 23.4. The third-order valence-corrected chi connectivity index (χ3v) is 5.07. The van der Waals surface area contributed by atoms with Crippen LogP contribution in [0, 0.1) is 19.3 Å². The van der Waals surface area contributed by atoms with E-state index in [2.05, 4.69) is 22.0 Å². The molecular formula is C24H32N2O4. The monoisotopic (exact) mass is 412 g/mol. The number of ketones is 1. The van der Waals surface area contributed by atoms with Gasteiger partial charge >= 0.3 is 5.97 Å². The normalized spacial score (nSPS) is 12.3. The molecule has 0 spiro atoms. The Morgan fingerprint density at radius 3 is 2.33 bits per heavy atom. The first-order chi connectivity index (χ1) is 14.0. The van der Waals surface area contributed by atoms with Crippen LogP contribution in [0.25, 0.3) is 0 Å². The number of aromatic nitrogens is 1. The fraction of sp³-hybridized carbons (Fsp3) is 0.458. The van der Waals surface area contributed by atoms with E-state index in [4.69, 9.17) is 4.74 Å². The lowest BCUT2D eigenvalue weighted by molar-refractivity contribution is -0.147. The number of nitrogens with zero attached hydrogens (tertiary/aromatic N) is 1. The number of hydrogen-bond donors (Lipinski definition) is 1. The van der Waals surface area contributed by atoms with Crippen LogP contribution in [-0.2, 0) is 27.3 Å². The molecule has 1 aromatic carbocycles. The molecule has 6 heteroatoms. The largest absolute Gasteiger partial charge is 0.456 e. The summed E-state index contributed by atoms with van der Waals surface area (Å²) in [5, 5.41) is 2.61. The van der Waals surface area contributed by atoms with E-state index in [1.807, 2.05) is 38.1 Å². The van der Waals surface area contributed by atoms with Gasteiger partial charge in [0, 0.05) is 28.9 Å². The minimum Gasteiger partial charge on any atom is -0.456 e. The molecule has 0 radical (unpaired) electrons. The zero-order chi connectivity index (χ0) is 22.5. The molecule has 0 fully saturated rings. The van der Waals surface area contributed by atoms with Crippen molar-refractivity contribution in [3.8, 4) is 0 Å². The number of benzene rings is 1. The quantitative estimate of drug-likeness (QED) is 0.531. The summed E-state index contributed by atoms with van der Waals surface area (Å²) in [5.41, 5.74) is 3.03.